The van der Waals surface area contributed by atoms with E-state index in [0.29, 0.717) is 23.1 Å². The van der Waals surface area contributed by atoms with Crippen LogP contribution in [0.25, 0.3) is 0 Å². The van der Waals surface area contributed by atoms with Crippen LogP contribution in [0, 0.1) is 23.7 Å². The number of benzene rings is 1. The summed E-state index contributed by atoms with van der Waals surface area (Å²) >= 11 is 0. The quantitative estimate of drug-likeness (QED) is 0.618. The van der Waals surface area contributed by atoms with E-state index in [1.165, 1.54) is 11.8 Å². The van der Waals surface area contributed by atoms with Crippen molar-refractivity contribution in [1.82, 2.24) is 0 Å². The molecule has 21 heavy (non-hydrogen) atoms. The first-order valence-electron chi connectivity index (χ1n) is 7.56. The molecule has 0 unspecified atom stereocenters. The highest BCUT2D eigenvalue weighted by atomic mass is 16.2. The molecule has 0 N–H and O–H groups in total. The van der Waals surface area contributed by atoms with Crippen LogP contribution in [0.3, 0.4) is 0 Å². The molecular weight excluding hydrogens is 266 g/mol. The zero-order valence-electron chi connectivity index (χ0n) is 11.9. The fourth-order valence-electron chi connectivity index (χ4n) is 4.51. The van der Waals surface area contributed by atoms with Gasteiger partial charge in [0.2, 0.25) is 11.8 Å². The molecule has 4 rings (SSSR count). The Hall–Kier alpha value is -1.97. The molecule has 1 aliphatic heterocycles. The van der Waals surface area contributed by atoms with Crippen molar-refractivity contribution in [3.63, 3.8) is 0 Å². The molecule has 108 valence electrons. The van der Waals surface area contributed by atoms with Crippen LogP contribution >= 0.6 is 0 Å². The Balaban J connectivity index is 1.68. The average molecular weight is 283 g/mol. The molecule has 3 fully saturated rings. The normalized spacial score (nSPS) is 33.7. The highest BCUT2D eigenvalue weighted by Gasteiger charge is 2.61. The molecule has 0 radical (unpaired) electrons. The predicted molar refractivity (Wildman–Crippen MR) is 76.8 cm³/mol. The summed E-state index contributed by atoms with van der Waals surface area (Å²) in [7, 11) is 0. The van der Waals surface area contributed by atoms with E-state index < -0.39 is 0 Å². The van der Waals surface area contributed by atoms with Crippen LogP contribution in [0.15, 0.2) is 24.3 Å². The fourth-order valence-corrected chi connectivity index (χ4v) is 4.51. The molecule has 1 aromatic rings. The first-order chi connectivity index (χ1) is 10.1. The van der Waals surface area contributed by atoms with E-state index >= 15 is 0 Å². The van der Waals surface area contributed by atoms with Crippen molar-refractivity contribution in [2.24, 2.45) is 23.7 Å². The third-order valence-corrected chi connectivity index (χ3v) is 5.46. The molecule has 2 aliphatic carbocycles. The van der Waals surface area contributed by atoms with Crippen LogP contribution in [0.4, 0.5) is 5.69 Å². The number of hydrogen-bond donors (Lipinski definition) is 0. The topological polar surface area (TPSA) is 54.5 Å². The molecule has 0 spiro atoms. The Morgan fingerprint density at radius 2 is 1.52 bits per heavy atom. The number of anilines is 1. The van der Waals surface area contributed by atoms with E-state index in [0.717, 1.165) is 19.3 Å². The second-order valence-corrected chi connectivity index (χ2v) is 6.50. The van der Waals surface area contributed by atoms with Gasteiger partial charge in [0.25, 0.3) is 0 Å². The lowest BCUT2D eigenvalue weighted by Crippen LogP contribution is -2.32. The molecule has 4 nitrogen and oxygen atoms in total. The van der Waals surface area contributed by atoms with Crippen molar-refractivity contribution in [2.75, 3.05) is 4.90 Å². The second kappa shape index (κ2) is 4.26. The maximum absolute atomic E-state index is 12.6. The maximum atomic E-state index is 12.6. The molecular formula is C17H17NO3. The molecule has 0 aromatic heterocycles. The van der Waals surface area contributed by atoms with Gasteiger partial charge in [-0.1, -0.05) is 0 Å². The van der Waals surface area contributed by atoms with Gasteiger partial charge >= 0.3 is 0 Å². The summed E-state index contributed by atoms with van der Waals surface area (Å²) < 4.78 is 0. The lowest BCUT2D eigenvalue weighted by molar-refractivity contribution is -0.123. The SMILES string of the molecule is CC(=O)c1ccc(N2C(=O)[C@H]3[C@@H]4CC[C@@H](C4)[C@@H]3C2=O)cc1. The molecule has 4 heteroatoms. The third kappa shape index (κ3) is 1.65. The number of rotatable bonds is 2. The number of ketones is 1. The van der Waals surface area contributed by atoms with E-state index in [-0.39, 0.29) is 29.4 Å². The minimum Gasteiger partial charge on any atom is -0.295 e. The van der Waals surface area contributed by atoms with Crippen LogP contribution < -0.4 is 4.90 Å². The zero-order valence-corrected chi connectivity index (χ0v) is 11.9. The number of nitrogens with zero attached hydrogens (tertiary/aromatic N) is 1. The van der Waals surface area contributed by atoms with Crippen LogP contribution in [0.1, 0.15) is 36.5 Å². The number of hydrogen-bond acceptors (Lipinski definition) is 3. The number of carbonyl (C=O) groups is 3. The van der Waals surface area contributed by atoms with Gasteiger partial charge in [-0.15, -0.1) is 0 Å². The number of imide groups is 1. The van der Waals surface area contributed by atoms with E-state index in [4.69, 9.17) is 0 Å². The van der Waals surface area contributed by atoms with Gasteiger partial charge in [-0.2, -0.15) is 0 Å². The molecule has 2 bridgehead atoms. The molecule has 2 amide bonds. The maximum Gasteiger partial charge on any atom is 0.237 e. The van der Waals surface area contributed by atoms with E-state index in [1.807, 2.05) is 0 Å². The molecule has 4 atom stereocenters. The van der Waals surface area contributed by atoms with Crippen molar-refractivity contribution in [1.29, 1.82) is 0 Å². The van der Waals surface area contributed by atoms with Gasteiger partial charge in [-0.05, 0) is 62.3 Å². The van der Waals surface area contributed by atoms with Gasteiger partial charge in [0.15, 0.2) is 5.78 Å². The monoisotopic (exact) mass is 283 g/mol. The van der Waals surface area contributed by atoms with Crippen LogP contribution in [0.5, 0.6) is 0 Å². The van der Waals surface area contributed by atoms with Gasteiger partial charge < -0.3 is 0 Å². The van der Waals surface area contributed by atoms with Gasteiger partial charge in [0, 0.05) is 5.56 Å². The van der Waals surface area contributed by atoms with Gasteiger partial charge in [0.1, 0.15) is 0 Å². The summed E-state index contributed by atoms with van der Waals surface area (Å²) in [5.74, 6) is 0.527. The first kappa shape index (κ1) is 12.7. The van der Waals surface area contributed by atoms with Crippen LogP contribution in [0.2, 0.25) is 0 Å². The number of carbonyl (C=O) groups excluding carboxylic acids is 3. The fraction of sp³-hybridized carbons (Fsp3) is 0.471. The van der Waals surface area contributed by atoms with Crippen molar-refractivity contribution in [2.45, 2.75) is 26.2 Å². The van der Waals surface area contributed by atoms with E-state index in [1.54, 1.807) is 24.3 Å². The van der Waals surface area contributed by atoms with Gasteiger partial charge in [0.05, 0.1) is 17.5 Å². The van der Waals surface area contributed by atoms with Gasteiger partial charge in [-0.25, -0.2) is 0 Å². The molecule has 2 saturated carbocycles. The highest BCUT2D eigenvalue weighted by Crippen LogP contribution is 2.56. The van der Waals surface area contributed by atoms with Crippen molar-refractivity contribution in [3.05, 3.63) is 29.8 Å². The van der Waals surface area contributed by atoms with Gasteiger partial charge in [-0.3, -0.25) is 19.3 Å². The summed E-state index contributed by atoms with van der Waals surface area (Å²) in [4.78, 5) is 38.0. The highest BCUT2D eigenvalue weighted by molar-refractivity contribution is 6.22. The molecule has 1 saturated heterocycles. The van der Waals surface area contributed by atoms with Crippen molar-refractivity contribution in [3.8, 4) is 0 Å². The smallest absolute Gasteiger partial charge is 0.237 e. The summed E-state index contributed by atoms with van der Waals surface area (Å²) in [6.07, 6.45) is 3.22. The molecule has 3 aliphatic rings. The second-order valence-electron chi connectivity index (χ2n) is 6.50. The summed E-state index contributed by atoms with van der Waals surface area (Å²) in [6.45, 7) is 1.50. The lowest BCUT2D eigenvalue weighted by atomic mass is 9.81. The lowest BCUT2D eigenvalue weighted by Gasteiger charge is -2.19. The number of fused-ring (bicyclic) bond motifs is 5. The predicted octanol–water partition coefficient (Wildman–Crippen LogP) is 2.42. The molecule has 1 heterocycles. The summed E-state index contributed by atoms with van der Waals surface area (Å²) in [5, 5.41) is 0. The summed E-state index contributed by atoms with van der Waals surface area (Å²) in [6, 6.07) is 6.77. The minimum atomic E-state index is -0.0938. The number of Topliss-reactive ketones (excluding diaryl/α,β-unsaturated/α-hetero) is 1. The Kier molecular flexibility index (Phi) is 2.59. The minimum absolute atomic E-state index is 0.0180. The third-order valence-electron chi connectivity index (χ3n) is 5.46. The van der Waals surface area contributed by atoms with E-state index in [2.05, 4.69) is 0 Å². The standard InChI is InChI=1S/C17H17NO3/c1-9(19)10-4-6-13(7-5-10)18-16(20)14-11-2-3-12(8-11)15(14)17(18)21/h4-7,11-12,14-15H,2-3,8H2,1H3/t11-,12+,14-,15-/m0/s1. The molecule has 1 aromatic carbocycles. The summed E-state index contributed by atoms with van der Waals surface area (Å²) in [5.41, 5.74) is 1.20. The zero-order chi connectivity index (χ0) is 14.7. The average Bonchev–Trinajstić information content (AvgIpc) is 3.13. The largest absolute Gasteiger partial charge is 0.295 e. The van der Waals surface area contributed by atoms with Crippen molar-refractivity contribution < 1.29 is 14.4 Å². The number of amides is 2. The van der Waals surface area contributed by atoms with Crippen LogP contribution in [-0.2, 0) is 9.59 Å². The van der Waals surface area contributed by atoms with Crippen LogP contribution in [-0.4, -0.2) is 17.6 Å². The first-order valence-corrected chi connectivity index (χ1v) is 7.56. The Bertz CT molecular complexity index is 621. The van der Waals surface area contributed by atoms with Crippen molar-refractivity contribution >= 4 is 23.3 Å². The Morgan fingerprint density at radius 3 is 2.00 bits per heavy atom. The van der Waals surface area contributed by atoms with E-state index in [9.17, 15) is 14.4 Å². The Labute approximate surface area is 123 Å². The Morgan fingerprint density at radius 1 is 1.00 bits per heavy atom.